The molecule has 0 saturated heterocycles. The summed E-state index contributed by atoms with van der Waals surface area (Å²) in [4.78, 5) is 11.5. The first-order valence-electron chi connectivity index (χ1n) is 3.78. The van der Waals surface area contributed by atoms with Crippen LogP contribution in [0.2, 0.25) is 0 Å². The molecule has 2 unspecified atom stereocenters. The number of carbonyl (C=O) groups is 1. The fourth-order valence-corrected chi connectivity index (χ4v) is 1.96. The molecule has 3 heteroatoms. The first-order chi connectivity index (χ1) is 5.79. The molecule has 12 heavy (non-hydrogen) atoms. The van der Waals surface area contributed by atoms with Crippen molar-refractivity contribution in [3.63, 3.8) is 0 Å². The van der Waals surface area contributed by atoms with Gasteiger partial charge in [-0.25, -0.2) is 0 Å². The minimum atomic E-state index is -0.149. The molecule has 0 aromatic rings. The van der Waals surface area contributed by atoms with Gasteiger partial charge in [-0.05, 0) is 23.9 Å². The minimum absolute atomic E-state index is 0.126. The molecule has 2 nitrogen and oxygen atoms in total. The highest BCUT2D eigenvalue weighted by Crippen LogP contribution is 2.24. The van der Waals surface area contributed by atoms with E-state index in [1.165, 1.54) is 0 Å². The van der Waals surface area contributed by atoms with E-state index in [0.29, 0.717) is 0 Å². The maximum atomic E-state index is 11.3. The van der Waals surface area contributed by atoms with Crippen molar-refractivity contribution in [3.05, 3.63) is 36.1 Å². The third kappa shape index (κ3) is 1.14. The van der Waals surface area contributed by atoms with E-state index in [4.69, 9.17) is 0 Å². The highest BCUT2D eigenvalue weighted by Gasteiger charge is 2.28. The topological polar surface area (TPSA) is 29.1 Å². The molecule has 1 aliphatic carbocycles. The van der Waals surface area contributed by atoms with Crippen molar-refractivity contribution in [3.8, 4) is 0 Å². The van der Waals surface area contributed by atoms with E-state index in [0.717, 1.165) is 5.57 Å². The Morgan fingerprint density at radius 3 is 3.08 bits per heavy atom. The first-order valence-corrected chi connectivity index (χ1v) is 4.69. The number of nitrogens with one attached hydrogen (secondary N) is 1. The van der Waals surface area contributed by atoms with E-state index in [2.05, 4.69) is 21.2 Å². The third-order valence-electron chi connectivity index (χ3n) is 2.01. The molecule has 2 aliphatic rings. The fraction of sp³-hybridized carbons (Fsp3) is 0.222. The molecule has 0 radical (unpaired) electrons. The van der Waals surface area contributed by atoms with Crippen LogP contribution in [-0.4, -0.2) is 16.7 Å². The number of hydrogen-bond donors (Lipinski definition) is 1. The average molecular weight is 226 g/mol. The molecule has 0 saturated carbocycles. The molecule has 1 aliphatic heterocycles. The summed E-state index contributed by atoms with van der Waals surface area (Å²) in [6, 6.07) is -0.149. The minimum Gasteiger partial charge on any atom is -0.378 e. The van der Waals surface area contributed by atoms with Gasteiger partial charge in [0.2, 0.25) is 0 Å². The van der Waals surface area contributed by atoms with Crippen molar-refractivity contribution < 1.29 is 4.79 Å². The van der Waals surface area contributed by atoms with Gasteiger partial charge in [-0.1, -0.05) is 28.1 Å². The Morgan fingerprint density at radius 2 is 2.33 bits per heavy atom. The molecule has 62 valence electrons. The molecule has 0 fully saturated rings. The third-order valence-corrected chi connectivity index (χ3v) is 2.85. The summed E-state index contributed by atoms with van der Waals surface area (Å²) in [6.45, 7) is 0. The van der Waals surface area contributed by atoms with Gasteiger partial charge in [0.15, 0.2) is 5.78 Å². The zero-order valence-corrected chi connectivity index (χ0v) is 7.91. The summed E-state index contributed by atoms with van der Waals surface area (Å²) < 4.78 is 0. The van der Waals surface area contributed by atoms with E-state index < -0.39 is 0 Å². The van der Waals surface area contributed by atoms with Crippen LogP contribution < -0.4 is 5.32 Å². The van der Waals surface area contributed by atoms with Gasteiger partial charge >= 0.3 is 0 Å². The summed E-state index contributed by atoms with van der Waals surface area (Å²) in [5.74, 6) is 0.126. The number of alkyl halides is 1. The van der Waals surface area contributed by atoms with Crippen molar-refractivity contribution in [1.82, 2.24) is 5.32 Å². The van der Waals surface area contributed by atoms with Crippen LogP contribution in [0, 0.1) is 0 Å². The van der Waals surface area contributed by atoms with Gasteiger partial charge in [0.25, 0.3) is 0 Å². The quantitative estimate of drug-likeness (QED) is 0.631. The number of carbonyl (C=O) groups excluding carboxylic acids is 1. The zero-order valence-electron chi connectivity index (χ0n) is 6.33. The lowest BCUT2D eigenvalue weighted by molar-refractivity contribution is -0.115. The van der Waals surface area contributed by atoms with Crippen molar-refractivity contribution in [2.45, 2.75) is 10.9 Å². The molecule has 1 heterocycles. The fourth-order valence-electron chi connectivity index (χ4n) is 1.39. The normalized spacial score (nSPS) is 32.4. The summed E-state index contributed by atoms with van der Waals surface area (Å²) >= 11 is 3.48. The number of rotatable bonds is 0. The highest BCUT2D eigenvalue weighted by atomic mass is 79.9. The van der Waals surface area contributed by atoms with E-state index in [-0.39, 0.29) is 16.7 Å². The number of dihydropyridines is 1. The van der Waals surface area contributed by atoms with Gasteiger partial charge in [-0.15, -0.1) is 0 Å². The largest absolute Gasteiger partial charge is 0.378 e. The van der Waals surface area contributed by atoms with E-state index in [1.807, 2.05) is 18.2 Å². The Morgan fingerprint density at radius 1 is 1.50 bits per heavy atom. The number of allylic oxidation sites excluding steroid dienone is 3. The predicted octanol–water partition coefficient (Wildman–Crippen LogP) is 1.30. The maximum absolute atomic E-state index is 11.3. The van der Waals surface area contributed by atoms with Gasteiger partial charge in [-0.3, -0.25) is 4.79 Å². The molecule has 0 aromatic carbocycles. The molecule has 0 spiro atoms. The molecular weight excluding hydrogens is 218 g/mol. The molecule has 1 N–H and O–H groups in total. The SMILES string of the molecule is O=C1C=CC(Br)C2=CC=CNC12. The second-order valence-electron chi connectivity index (χ2n) is 2.79. The van der Waals surface area contributed by atoms with Crippen LogP contribution in [0.3, 0.4) is 0 Å². The molecule has 0 aromatic heterocycles. The summed E-state index contributed by atoms with van der Waals surface area (Å²) in [7, 11) is 0. The Balaban J connectivity index is 2.39. The van der Waals surface area contributed by atoms with Crippen molar-refractivity contribution in [1.29, 1.82) is 0 Å². The summed E-state index contributed by atoms with van der Waals surface area (Å²) in [5.41, 5.74) is 1.09. The molecular formula is C9H8BrNO. The lowest BCUT2D eigenvalue weighted by atomic mass is 9.92. The smallest absolute Gasteiger partial charge is 0.181 e. The summed E-state index contributed by atoms with van der Waals surface area (Å²) in [5, 5.41) is 3.02. The first kappa shape index (κ1) is 7.80. The van der Waals surface area contributed by atoms with Gasteiger partial charge in [0, 0.05) is 0 Å². The van der Waals surface area contributed by atoms with E-state index >= 15 is 0 Å². The van der Waals surface area contributed by atoms with Crippen LogP contribution in [0.5, 0.6) is 0 Å². The summed E-state index contributed by atoms with van der Waals surface area (Å²) in [6.07, 6.45) is 9.17. The van der Waals surface area contributed by atoms with E-state index in [1.54, 1.807) is 12.3 Å². The number of halogens is 1. The van der Waals surface area contributed by atoms with Gasteiger partial charge < -0.3 is 5.32 Å². The number of hydrogen-bond acceptors (Lipinski definition) is 2. The Labute approximate surface area is 79.2 Å². The van der Waals surface area contributed by atoms with Crippen molar-refractivity contribution >= 4 is 21.7 Å². The lowest BCUT2D eigenvalue weighted by Gasteiger charge is -2.26. The Hall–Kier alpha value is -0.830. The molecule has 0 amide bonds. The number of ketones is 1. The highest BCUT2D eigenvalue weighted by molar-refractivity contribution is 9.09. The van der Waals surface area contributed by atoms with E-state index in [9.17, 15) is 4.79 Å². The molecule has 2 atom stereocenters. The van der Waals surface area contributed by atoms with Crippen LogP contribution in [0.15, 0.2) is 36.1 Å². The van der Waals surface area contributed by atoms with Crippen molar-refractivity contribution in [2.24, 2.45) is 0 Å². The van der Waals surface area contributed by atoms with Gasteiger partial charge in [0.05, 0.1) is 4.83 Å². The zero-order chi connectivity index (χ0) is 8.55. The second kappa shape index (κ2) is 2.90. The standard InChI is InChI=1S/C9H8BrNO/c10-7-3-4-8(12)9-6(7)2-1-5-11-9/h1-5,7,9,11H. The molecule has 2 rings (SSSR count). The molecule has 0 bridgehead atoms. The average Bonchev–Trinajstić information content (AvgIpc) is 2.12. The second-order valence-corrected chi connectivity index (χ2v) is 3.78. The van der Waals surface area contributed by atoms with Crippen molar-refractivity contribution in [2.75, 3.05) is 0 Å². The Bertz CT molecular complexity index is 304. The van der Waals surface area contributed by atoms with Crippen LogP contribution in [0.25, 0.3) is 0 Å². The van der Waals surface area contributed by atoms with Crippen LogP contribution >= 0.6 is 15.9 Å². The maximum Gasteiger partial charge on any atom is 0.181 e. The van der Waals surface area contributed by atoms with Gasteiger partial charge in [0.1, 0.15) is 6.04 Å². The van der Waals surface area contributed by atoms with Crippen LogP contribution in [-0.2, 0) is 4.79 Å². The monoisotopic (exact) mass is 225 g/mol. The van der Waals surface area contributed by atoms with Crippen LogP contribution in [0.1, 0.15) is 0 Å². The number of fused-ring (bicyclic) bond motifs is 1. The predicted molar refractivity (Wildman–Crippen MR) is 51.0 cm³/mol. The van der Waals surface area contributed by atoms with Crippen LogP contribution in [0.4, 0.5) is 0 Å². The lowest BCUT2D eigenvalue weighted by Crippen LogP contribution is -2.40. The van der Waals surface area contributed by atoms with Gasteiger partial charge in [-0.2, -0.15) is 0 Å². The Kier molecular flexibility index (Phi) is 1.89.